The molecule has 164 valence electrons. The van der Waals surface area contributed by atoms with Crippen molar-refractivity contribution in [1.82, 2.24) is 0 Å². The molecule has 0 amide bonds. The summed E-state index contributed by atoms with van der Waals surface area (Å²) in [5.41, 5.74) is 0.218. The number of anilines is 2. The lowest BCUT2D eigenvalue weighted by Gasteiger charge is -2.43. The second-order valence-corrected chi connectivity index (χ2v) is 8.25. The molecule has 31 heavy (non-hydrogen) atoms. The molecule has 3 heterocycles. The molecule has 4 N–H and O–H groups in total. The largest absolute Gasteiger partial charge is 0.459 e. The third kappa shape index (κ3) is 2.84. The number of hydrogen-bond acceptors (Lipinski definition) is 9. The fourth-order valence-electron chi connectivity index (χ4n) is 4.53. The highest BCUT2D eigenvalue weighted by Crippen LogP contribution is 2.53. The van der Waals surface area contributed by atoms with Gasteiger partial charge in [-0.05, 0) is 30.2 Å². The molecule has 0 aromatic heterocycles. The van der Waals surface area contributed by atoms with Gasteiger partial charge in [-0.25, -0.2) is 0 Å². The topological polar surface area (TPSA) is 146 Å². The zero-order valence-corrected chi connectivity index (χ0v) is 16.8. The summed E-state index contributed by atoms with van der Waals surface area (Å²) in [5, 5.41) is 52.8. The van der Waals surface area contributed by atoms with Crippen LogP contribution in [-0.2, 0) is 16.8 Å². The molecule has 3 aliphatic heterocycles. The zero-order chi connectivity index (χ0) is 22.1. The molecule has 0 bridgehead atoms. The summed E-state index contributed by atoms with van der Waals surface area (Å²) < 4.78 is 11.1. The van der Waals surface area contributed by atoms with Crippen molar-refractivity contribution in [2.75, 3.05) is 18.1 Å². The van der Waals surface area contributed by atoms with Crippen LogP contribution in [0.15, 0.2) is 30.3 Å². The highest BCUT2D eigenvalue weighted by Gasteiger charge is 2.62. The first-order valence-electron chi connectivity index (χ1n) is 9.66. The van der Waals surface area contributed by atoms with Crippen LogP contribution in [-0.4, -0.2) is 63.1 Å². The number of non-ortho nitro benzene ring substituents is 1. The number of nitrogens with zero attached hydrogens (tertiary/aromatic N) is 2. The van der Waals surface area contributed by atoms with Crippen LogP contribution in [0, 0.1) is 10.1 Å². The van der Waals surface area contributed by atoms with Gasteiger partial charge in [0.15, 0.2) is 5.60 Å². The Bertz CT molecular complexity index is 1080. The Hall–Kier alpha value is -2.47. The molecule has 0 saturated carbocycles. The highest BCUT2D eigenvalue weighted by molar-refractivity contribution is 6.32. The summed E-state index contributed by atoms with van der Waals surface area (Å²) in [6, 6.07) is 7.83. The highest BCUT2D eigenvalue weighted by atomic mass is 35.5. The van der Waals surface area contributed by atoms with Crippen LogP contribution in [0.4, 0.5) is 17.1 Å². The van der Waals surface area contributed by atoms with E-state index in [1.807, 2.05) is 4.90 Å². The number of ether oxygens (including phenoxy) is 2. The minimum Gasteiger partial charge on any atom is -0.459 e. The van der Waals surface area contributed by atoms with E-state index in [4.69, 9.17) is 21.1 Å². The Morgan fingerprint density at radius 1 is 1.29 bits per heavy atom. The van der Waals surface area contributed by atoms with Crippen LogP contribution < -0.4 is 9.64 Å². The quantitative estimate of drug-likeness (QED) is 0.396. The summed E-state index contributed by atoms with van der Waals surface area (Å²) in [6.07, 6.45) is -5.15. The van der Waals surface area contributed by atoms with Gasteiger partial charge in [-0.3, -0.25) is 10.1 Å². The van der Waals surface area contributed by atoms with E-state index < -0.39 is 41.7 Å². The standard InChI is InChI=1S/C20H19ClN2O8/c21-13-7-11(22-4-3-9-5-10(23(28)29)1-2-14(9)22)6-12-17(13)31-19-20(12,27)18(26)16(25)15(8-24)30-19/h1-2,5-7,15-16,18-19,24-27H,3-4,8H2/t15-,16-,18+,19-,20+/m1/s1. The maximum Gasteiger partial charge on any atom is 0.269 e. The molecule has 3 aliphatic rings. The predicted molar refractivity (Wildman–Crippen MR) is 108 cm³/mol. The number of nitro groups is 1. The fourth-order valence-corrected chi connectivity index (χ4v) is 4.79. The maximum atomic E-state index is 11.3. The van der Waals surface area contributed by atoms with Crippen LogP contribution >= 0.6 is 11.6 Å². The van der Waals surface area contributed by atoms with Gasteiger partial charge in [0, 0.05) is 35.6 Å². The second-order valence-electron chi connectivity index (χ2n) is 7.84. The molecule has 0 radical (unpaired) electrons. The van der Waals surface area contributed by atoms with Gasteiger partial charge in [0.05, 0.1) is 16.6 Å². The number of aliphatic hydroxyl groups is 4. The van der Waals surface area contributed by atoms with Crippen molar-refractivity contribution in [2.45, 2.75) is 36.6 Å². The average Bonchev–Trinajstić information content (AvgIpc) is 3.30. The molecule has 0 unspecified atom stereocenters. The van der Waals surface area contributed by atoms with Crippen molar-refractivity contribution in [2.24, 2.45) is 0 Å². The van der Waals surface area contributed by atoms with Gasteiger partial charge in [0.1, 0.15) is 24.1 Å². The van der Waals surface area contributed by atoms with E-state index in [9.17, 15) is 30.5 Å². The number of fused-ring (bicyclic) bond motifs is 4. The summed E-state index contributed by atoms with van der Waals surface area (Å²) in [4.78, 5) is 12.5. The van der Waals surface area contributed by atoms with Crippen LogP contribution in [0.1, 0.15) is 11.1 Å². The zero-order valence-electron chi connectivity index (χ0n) is 16.0. The van der Waals surface area contributed by atoms with E-state index in [2.05, 4.69) is 0 Å². The van der Waals surface area contributed by atoms with Gasteiger partial charge in [-0.15, -0.1) is 0 Å². The lowest BCUT2D eigenvalue weighted by molar-refractivity contribution is -0.384. The third-order valence-corrected chi connectivity index (χ3v) is 6.44. The average molecular weight is 451 g/mol. The van der Waals surface area contributed by atoms with E-state index in [1.165, 1.54) is 12.1 Å². The fraction of sp³-hybridized carbons (Fsp3) is 0.400. The number of benzene rings is 2. The Morgan fingerprint density at radius 2 is 2.06 bits per heavy atom. The first-order chi connectivity index (χ1) is 14.8. The van der Waals surface area contributed by atoms with Crippen molar-refractivity contribution in [3.63, 3.8) is 0 Å². The minimum atomic E-state index is -2.10. The number of aliphatic hydroxyl groups excluding tert-OH is 3. The minimum absolute atomic E-state index is 0.00744. The molecule has 2 aromatic rings. The smallest absolute Gasteiger partial charge is 0.269 e. The van der Waals surface area contributed by atoms with Gasteiger partial charge < -0.3 is 34.8 Å². The number of hydrogen-bond donors (Lipinski definition) is 4. The summed E-state index contributed by atoms with van der Waals surface area (Å²) in [6.45, 7) is -0.0389. The molecule has 1 saturated heterocycles. The normalized spacial score (nSPS) is 31.1. The Labute approximate surface area is 181 Å². The summed E-state index contributed by atoms with van der Waals surface area (Å²) in [7, 11) is 0. The van der Waals surface area contributed by atoms with Gasteiger partial charge >= 0.3 is 0 Å². The summed E-state index contributed by atoms with van der Waals surface area (Å²) >= 11 is 6.43. The van der Waals surface area contributed by atoms with Crippen LogP contribution in [0.5, 0.6) is 5.75 Å². The van der Waals surface area contributed by atoms with E-state index in [0.717, 1.165) is 11.3 Å². The Kier molecular flexibility index (Phi) is 4.63. The molecule has 5 rings (SSSR count). The van der Waals surface area contributed by atoms with E-state index in [1.54, 1.807) is 18.2 Å². The van der Waals surface area contributed by atoms with Crippen molar-refractivity contribution in [1.29, 1.82) is 0 Å². The molecule has 10 nitrogen and oxygen atoms in total. The molecule has 0 spiro atoms. The van der Waals surface area contributed by atoms with Crippen LogP contribution in [0.2, 0.25) is 5.02 Å². The number of rotatable bonds is 3. The molecule has 11 heteroatoms. The van der Waals surface area contributed by atoms with Crippen molar-refractivity contribution in [3.8, 4) is 5.75 Å². The Morgan fingerprint density at radius 3 is 2.77 bits per heavy atom. The molecule has 0 aliphatic carbocycles. The lowest BCUT2D eigenvalue weighted by atomic mass is 9.82. The van der Waals surface area contributed by atoms with E-state index in [-0.39, 0.29) is 22.0 Å². The molecular weight excluding hydrogens is 432 g/mol. The summed E-state index contributed by atoms with van der Waals surface area (Å²) in [5.74, 6) is 0.117. The molecule has 5 atom stereocenters. The predicted octanol–water partition coefficient (Wildman–Crippen LogP) is 0.961. The van der Waals surface area contributed by atoms with Gasteiger partial charge in [0.2, 0.25) is 6.29 Å². The number of nitro benzene ring substituents is 1. The van der Waals surface area contributed by atoms with Crippen LogP contribution in [0.3, 0.4) is 0 Å². The first-order valence-corrected chi connectivity index (χ1v) is 10.0. The monoisotopic (exact) mass is 450 g/mol. The van der Waals surface area contributed by atoms with Gasteiger partial charge in [0.25, 0.3) is 5.69 Å². The van der Waals surface area contributed by atoms with Crippen molar-refractivity contribution < 1.29 is 34.8 Å². The molecule has 1 fully saturated rings. The number of halogens is 1. The van der Waals surface area contributed by atoms with Crippen molar-refractivity contribution >= 4 is 28.7 Å². The SMILES string of the molecule is O=[N+]([O-])c1ccc2c(c1)CCN2c1cc(Cl)c2c(c1)[C@@]1(O)[C@@H](O2)O[C@H](CO)[C@@H](O)[C@@H]1O. The van der Waals surface area contributed by atoms with Crippen LogP contribution in [0.25, 0.3) is 0 Å². The Balaban J connectivity index is 1.56. The van der Waals surface area contributed by atoms with Crippen molar-refractivity contribution in [3.05, 3.63) is 56.6 Å². The van der Waals surface area contributed by atoms with Gasteiger partial charge in [-0.2, -0.15) is 0 Å². The van der Waals surface area contributed by atoms with Gasteiger partial charge in [-0.1, -0.05) is 11.6 Å². The first kappa shape index (κ1) is 20.4. The maximum absolute atomic E-state index is 11.3. The van der Waals surface area contributed by atoms with E-state index >= 15 is 0 Å². The third-order valence-electron chi connectivity index (χ3n) is 6.16. The molecular formula is C20H19ClN2O8. The second kappa shape index (κ2) is 7.02. The molecule has 2 aromatic carbocycles. The lowest BCUT2D eigenvalue weighted by Crippen LogP contribution is -2.64. The van der Waals surface area contributed by atoms with E-state index in [0.29, 0.717) is 18.7 Å².